The average molecular weight is 1150 g/mol. The Morgan fingerprint density at radius 1 is 0.256 bits per heavy atom. The number of allylic oxidation sites excluding steroid dienone is 12. The first-order valence-electron chi connectivity index (χ1n) is 35.9. The van der Waals surface area contributed by atoms with Gasteiger partial charge in [0.25, 0.3) is 0 Å². The van der Waals surface area contributed by atoms with Crippen molar-refractivity contribution in [2.24, 2.45) is 0 Å². The summed E-state index contributed by atoms with van der Waals surface area (Å²) in [6.07, 6.45) is 92.3. The van der Waals surface area contributed by atoms with Crippen LogP contribution in [-0.2, 0) is 28.6 Å². The molecule has 0 bridgehead atoms. The van der Waals surface area contributed by atoms with Crippen LogP contribution in [0.3, 0.4) is 0 Å². The van der Waals surface area contributed by atoms with E-state index in [1.54, 1.807) is 0 Å². The van der Waals surface area contributed by atoms with Gasteiger partial charge in [-0.3, -0.25) is 14.4 Å². The van der Waals surface area contributed by atoms with Crippen LogP contribution in [0.1, 0.15) is 374 Å². The molecular formula is C76H136O6. The monoisotopic (exact) mass is 1150 g/mol. The Morgan fingerprint density at radius 3 is 0.756 bits per heavy atom. The van der Waals surface area contributed by atoms with Gasteiger partial charge in [0.2, 0.25) is 0 Å². The van der Waals surface area contributed by atoms with Gasteiger partial charge in [-0.2, -0.15) is 0 Å². The summed E-state index contributed by atoms with van der Waals surface area (Å²) >= 11 is 0. The van der Waals surface area contributed by atoms with Gasteiger partial charge in [0.05, 0.1) is 0 Å². The molecule has 82 heavy (non-hydrogen) atoms. The summed E-state index contributed by atoms with van der Waals surface area (Å²) in [6.45, 7) is 6.54. The maximum Gasteiger partial charge on any atom is 0.306 e. The highest BCUT2D eigenvalue weighted by atomic mass is 16.6. The van der Waals surface area contributed by atoms with Gasteiger partial charge < -0.3 is 14.2 Å². The van der Waals surface area contributed by atoms with Crippen molar-refractivity contribution < 1.29 is 28.6 Å². The van der Waals surface area contributed by atoms with Crippen LogP contribution in [0.2, 0.25) is 0 Å². The van der Waals surface area contributed by atoms with Crippen molar-refractivity contribution in [1.29, 1.82) is 0 Å². The summed E-state index contributed by atoms with van der Waals surface area (Å²) in [7, 11) is 0. The Labute approximate surface area is 510 Å². The van der Waals surface area contributed by atoms with Crippen molar-refractivity contribution >= 4 is 17.9 Å². The van der Waals surface area contributed by atoms with Gasteiger partial charge >= 0.3 is 17.9 Å². The maximum absolute atomic E-state index is 12.9. The van der Waals surface area contributed by atoms with Crippen LogP contribution >= 0.6 is 0 Å². The molecule has 1 unspecified atom stereocenters. The fraction of sp³-hybridized carbons (Fsp3) is 0.803. The van der Waals surface area contributed by atoms with Crippen LogP contribution in [0.25, 0.3) is 0 Å². The number of hydrogen-bond acceptors (Lipinski definition) is 6. The normalized spacial score (nSPS) is 12.5. The van der Waals surface area contributed by atoms with E-state index in [0.29, 0.717) is 19.3 Å². The summed E-state index contributed by atoms with van der Waals surface area (Å²) < 4.78 is 17.0. The highest BCUT2D eigenvalue weighted by Crippen LogP contribution is 2.18. The van der Waals surface area contributed by atoms with Gasteiger partial charge in [0.1, 0.15) is 13.2 Å². The fourth-order valence-corrected chi connectivity index (χ4v) is 10.5. The Balaban J connectivity index is 4.15. The van der Waals surface area contributed by atoms with Crippen LogP contribution in [-0.4, -0.2) is 37.2 Å². The van der Waals surface area contributed by atoms with Crippen molar-refractivity contribution in [3.8, 4) is 0 Å². The van der Waals surface area contributed by atoms with Crippen molar-refractivity contribution in [2.45, 2.75) is 380 Å². The number of hydrogen-bond donors (Lipinski definition) is 0. The zero-order chi connectivity index (χ0) is 59.2. The van der Waals surface area contributed by atoms with E-state index >= 15 is 0 Å². The lowest BCUT2D eigenvalue weighted by Crippen LogP contribution is -2.30. The number of carbonyl (C=O) groups is 3. The van der Waals surface area contributed by atoms with E-state index in [2.05, 4.69) is 93.7 Å². The minimum Gasteiger partial charge on any atom is -0.462 e. The van der Waals surface area contributed by atoms with Crippen LogP contribution in [0, 0.1) is 0 Å². The Bertz CT molecular complexity index is 1500. The predicted octanol–water partition coefficient (Wildman–Crippen LogP) is 24.8. The number of carbonyl (C=O) groups excluding carboxylic acids is 3. The SMILES string of the molecule is CC/C=C\C/C=C\C/C=C\CCCCCCCCCC(=O)OC(COC(=O)CCCCCCC/C=C\CCCCCCC)COC(=O)CCCCCCCCCCCCCCCCCCCCCCC/C=C\C/C=C\CCCCCCC. The van der Waals surface area contributed by atoms with Crippen molar-refractivity contribution in [2.75, 3.05) is 13.2 Å². The molecule has 6 nitrogen and oxygen atoms in total. The topological polar surface area (TPSA) is 78.9 Å². The molecule has 0 radical (unpaired) electrons. The molecule has 0 rings (SSSR count). The summed E-state index contributed by atoms with van der Waals surface area (Å²) in [6, 6.07) is 0. The molecule has 0 spiro atoms. The number of esters is 3. The first-order valence-corrected chi connectivity index (χ1v) is 35.9. The lowest BCUT2D eigenvalue weighted by Gasteiger charge is -2.18. The smallest absolute Gasteiger partial charge is 0.306 e. The third-order valence-electron chi connectivity index (χ3n) is 15.9. The lowest BCUT2D eigenvalue weighted by atomic mass is 10.0. The van der Waals surface area contributed by atoms with E-state index in [9.17, 15) is 14.4 Å². The molecule has 1 atom stereocenters. The number of unbranched alkanes of at least 4 members (excludes halogenated alkanes) is 43. The standard InChI is InChI=1S/C76H136O6/c1-4-7-10-13-16-19-22-25-28-30-31-32-33-34-35-36-37-38-39-40-41-42-43-44-45-47-48-51-54-57-60-63-66-69-75(78)81-72-73(71-80-74(77)68-65-62-59-56-53-50-27-24-21-18-15-12-9-6-3)82-76(79)70-67-64-61-58-55-52-49-46-29-26-23-20-17-14-11-8-5-2/h8,11,17,20,22,24-27,29-31,73H,4-7,9-10,12-16,18-19,21,23,28,32-72H2,1-3H3/b11-8-,20-17-,25-22-,27-24-,29-26-,31-30-. The van der Waals surface area contributed by atoms with E-state index in [1.165, 1.54) is 238 Å². The molecular weight excluding hydrogens is 1010 g/mol. The third kappa shape index (κ3) is 67.6. The summed E-state index contributed by atoms with van der Waals surface area (Å²) in [5.74, 6) is -0.877. The molecule has 6 heteroatoms. The quantitative estimate of drug-likeness (QED) is 0.0261. The van der Waals surface area contributed by atoms with Gasteiger partial charge in [0, 0.05) is 19.3 Å². The lowest BCUT2D eigenvalue weighted by molar-refractivity contribution is -0.167. The van der Waals surface area contributed by atoms with E-state index in [-0.39, 0.29) is 31.1 Å². The minimum absolute atomic E-state index is 0.0784. The molecule has 0 aliphatic carbocycles. The van der Waals surface area contributed by atoms with Crippen molar-refractivity contribution in [1.82, 2.24) is 0 Å². The predicted molar refractivity (Wildman–Crippen MR) is 358 cm³/mol. The molecule has 0 fully saturated rings. The maximum atomic E-state index is 12.9. The van der Waals surface area contributed by atoms with E-state index in [0.717, 1.165) is 96.3 Å². The molecule has 0 N–H and O–H groups in total. The second kappa shape index (κ2) is 70.3. The molecule has 0 aliphatic rings. The molecule has 0 saturated carbocycles. The van der Waals surface area contributed by atoms with E-state index in [1.807, 2.05) is 0 Å². The molecule has 0 amide bonds. The van der Waals surface area contributed by atoms with E-state index < -0.39 is 6.10 Å². The van der Waals surface area contributed by atoms with Crippen LogP contribution in [0.4, 0.5) is 0 Å². The largest absolute Gasteiger partial charge is 0.462 e. The zero-order valence-corrected chi connectivity index (χ0v) is 54.8. The van der Waals surface area contributed by atoms with Crippen molar-refractivity contribution in [3.63, 3.8) is 0 Å². The third-order valence-corrected chi connectivity index (χ3v) is 15.9. The van der Waals surface area contributed by atoms with Crippen LogP contribution in [0.5, 0.6) is 0 Å². The van der Waals surface area contributed by atoms with Crippen LogP contribution < -0.4 is 0 Å². The second-order valence-electron chi connectivity index (χ2n) is 24.1. The van der Waals surface area contributed by atoms with Gasteiger partial charge in [-0.1, -0.05) is 318 Å². The van der Waals surface area contributed by atoms with Crippen molar-refractivity contribution in [3.05, 3.63) is 72.9 Å². The number of rotatable bonds is 66. The van der Waals surface area contributed by atoms with E-state index in [4.69, 9.17) is 14.2 Å². The molecule has 0 heterocycles. The van der Waals surface area contributed by atoms with Gasteiger partial charge in [-0.15, -0.1) is 0 Å². The molecule has 476 valence electrons. The molecule has 0 aromatic rings. The Kier molecular flexibility index (Phi) is 67.6. The molecule has 0 saturated heterocycles. The highest BCUT2D eigenvalue weighted by Gasteiger charge is 2.19. The first-order chi connectivity index (χ1) is 40.5. The van der Waals surface area contributed by atoms with Gasteiger partial charge in [0.15, 0.2) is 6.10 Å². The zero-order valence-electron chi connectivity index (χ0n) is 54.8. The van der Waals surface area contributed by atoms with Crippen LogP contribution in [0.15, 0.2) is 72.9 Å². The number of ether oxygens (including phenoxy) is 3. The summed E-state index contributed by atoms with van der Waals surface area (Å²) in [5.41, 5.74) is 0. The van der Waals surface area contributed by atoms with Gasteiger partial charge in [-0.25, -0.2) is 0 Å². The van der Waals surface area contributed by atoms with Gasteiger partial charge in [-0.05, 0) is 109 Å². The fourth-order valence-electron chi connectivity index (χ4n) is 10.5. The summed E-state index contributed by atoms with van der Waals surface area (Å²) in [5, 5.41) is 0. The highest BCUT2D eigenvalue weighted by molar-refractivity contribution is 5.71. The summed E-state index contributed by atoms with van der Waals surface area (Å²) in [4.78, 5) is 38.4. The first kappa shape index (κ1) is 78.8. The minimum atomic E-state index is -0.784. The average Bonchev–Trinajstić information content (AvgIpc) is 3.48. The second-order valence-corrected chi connectivity index (χ2v) is 24.1. The molecule has 0 aliphatic heterocycles. The molecule has 0 aromatic heterocycles. The molecule has 0 aromatic carbocycles. The Morgan fingerprint density at radius 2 is 0.476 bits per heavy atom. The Hall–Kier alpha value is -3.15.